The number of nitrogens with two attached hydrogens (primary N) is 1. The number of thiol groups is 1. The third-order valence-electron chi connectivity index (χ3n) is 3.87. The molecule has 0 fully saturated rings. The summed E-state index contributed by atoms with van der Waals surface area (Å²) in [5, 5.41) is 42.3. The number of nitrogens with one attached hydrogen (secondary N) is 3. The van der Waals surface area contributed by atoms with Gasteiger partial charge in [-0.3, -0.25) is 24.0 Å². The summed E-state index contributed by atoms with van der Waals surface area (Å²) in [6.07, 6.45) is -3.18. The van der Waals surface area contributed by atoms with Gasteiger partial charge in [0.25, 0.3) is 0 Å². The lowest BCUT2D eigenvalue weighted by Gasteiger charge is -2.25. The molecular formula is C16H26N4O10S. The second kappa shape index (κ2) is 13.4. The molecule has 0 rings (SSSR count). The number of aliphatic carboxylic acids is 3. The summed E-state index contributed by atoms with van der Waals surface area (Å²) in [5.74, 6) is -7.49. The highest BCUT2D eigenvalue weighted by Gasteiger charge is 2.32. The zero-order valence-electron chi connectivity index (χ0n) is 16.5. The van der Waals surface area contributed by atoms with Gasteiger partial charge in [0, 0.05) is 12.2 Å². The predicted molar refractivity (Wildman–Crippen MR) is 106 cm³/mol. The molecule has 0 aromatic heterocycles. The predicted octanol–water partition coefficient (Wildman–Crippen LogP) is -3.50. The molecule has 0 aromatic carbocycles. The van der Waals surface area contributed by atoms with E-state index >= 15 is 0 Å². The molecular weight excluding hydrogens is 440 g/mol. The summed E-state index contributed by atoms with van der Waals surface area (Å²) in [5.41, 5.74) is 5.41. The van der Waals surface area contributed by atoms with Crippen LogP contribution in [0.2, 0.25) is 0 Å². The lowest BCUT2D eigenvalue weighted by Crippen LogP contribution is -2.58. The lowest BCUT2D eigenvalue weighted by molar-refractivity contribution is -0.145. The summed E-state index contributed by atoms with van der Waals surface area (Å²) < 4.78 is 0. The Bertz CT molecular complexity index is 702. The van der Waals surface area contributed by atoms with Crippen molar-refractivity contribution in [1.82, 2.24) is 16.0 Å². The minimum Gasteiger partial charge on any atom is -0.481 e. The van der Waals surface area contributed by atoms with Gasteiger partial charge in [0.1, 0.15) is 12.1 Å². The largest absolute Gasteiger partial charge is 0.481 e. The van der Waals surface area contributed by atoms with Crippen LogP contribution in [0.25, 0.3) is 0 Å². The van der Waals surface area contributed by atoms with E-state index in [1.54, 1.807) is 0 Å². The number of rotatable bonds is 14. The van der Waals surface area contributed by atoms with Crippen LogP contribution in [0.15, 0.2) is 0 Å². The van der Waals surface area contributed by atoms with E-state index in [2.05, 4.69) is 23.3 Å². The molecule has 176 valence electrons. The summed E-state index contributed by atoms with van der Waals surface area (Å²) in [4.78, 5) is 69.4. The average Bonchev–Trinajstić information content (AvgIpc) is 2.65. The lowest BCUT2D eigenvalue weighted by atomic mass is 10.1. The fourth-order valence-corrected chi connectivity index (χ4v) is 2.46. The highest BCUT2D eigenvalue weighted by molar-refractivity contribution is 7.80. The van der Waals surface area contributed by atoms with Gasteiger partial charge in [-0.25, -0.2) is 4.79 Å². The number of amides is 3. The first-order valence-corrected chi connectivity index (χ1v) is 9.55. The van der Waals surface area contributed by atoms with E-state index in [4.69, 9.17) is 21.1 Å². The van der Waals surface area contributed by atoms with Crippen molar-refractivity contribution in [3.05, 3.63) is 0 Å². The molecule has 0 bridgehead atoms. The quantitative estimate of drug-likeness (QED) is 0.114. The molecule has 14 nitrogen and oxygen atoms in total. The third kappa shape index (κ3) is 10.6. The van der Waals surface area contributed by atoms with Crippen molar-refractivity contribution in [1.29, 1.82) is 0 Å². The zero-order valence-corrected chi connectivity index (χ0v) is 17.4. The Morgan fingerprint density at radius 2 is 1.39 bits per heavy atom. The van der Waals surface area contributed by atoms with Crippen LogP contribution in [0.1, 0.15) is 26.2 Å². The monoisotopic (exact) mass is 466 g/mol. The topological polar surface area (TPSA) is 245 Å². The van der Waals surface area contributed by atoms with Gasteiger partial charge >= 0.3 is 17.9 Å². The first-order valence-electron chi connectivity index (χ1n) is 8.92. The normalized spacial score (nSPS) is 15.5. The van der Waals surface area contributed by atoms with Gasteiger partial charge in [-0.1, -0.05) is 0 Å². The van der Waals surface area contributed by atoms with Gasteiger partial charge in [0.2, 0.25) is 17.7 Å². The van der Waals surface area contributed by atoms with Crippen molar-refractivity contribution >= 4 is 48.3 Å². The van der Waals surface area contributed by atoms with Crippen LogP contribution >= 0.6 is 12.6 Å². The molecule has 0 aliphatic rings. The summed E-state index contributed by atoms with van der Waals surface area (Å²) in [6, 6.07) is -6.05. The third-order valence-corrected chi connectivity index (χ3v) is 4.24. The van der Waals surface area contributed by atoms with E-state index in [1.165, 1.54) is 0 Å². The molecule has 0 aliphatic heterocycles. The molecule has 0 spiro atoms. The summed E-state index contributed by atoms with van der Waals surface area (Å²) >= 11 is 3.90. The molecule has 0 radical (unpaired) electrons. The summed E-state index contributed by atoms with van der Waals surface area (Å²) in [7, 11) is 0. The maximum absolute atomic E-state index is 12.4. The second-order valence-corrected chi connectivity index (χ2v) is 6.87. The first-order chi connectivity index (χ1) is 14.3. The second-order valence-electron chi connectivity index (χ2n) is 6.51. The van der Waals surface area contributed by atoms with Crippen LogP contribution in [-0.4, -0.2) is 92.1 Å². The highest BCUT2D eigenvalue weighted by Crippen LogP contribution is 2.03. The van der Waals surface area contributed by atoms with E-state index in [0.29, 0.717) is 0 Å². The van der Waals surface area contributed by atoms with Crippen LogP contribution < -0.4 is 21.7 Å². The van der Waals surface area contributed by atoms with E-state index in [-0.39, 0.29) is 5.75 Å². The Balaban J connectivity index is 5.33. The molecule has 0 saturated carbocycles. The zero-order chi connectivity index (χ0) is 24.3. The Kier molecular flexibility index (Phi) is 12.1. The number of aliphatic hydroxyl groups is 1. The van der Waals surface area contributed by atoms with Gasteiger partial charge in [-0.2, -0.15) is 12.6 Å². The van der Waals surface area contributed by atoms with Crippen molar-refractivity contribution < 1.29 is 49.2 Å². The van der Waals surface area contributed by atoms with E-state index in [1.807, 2.05) is 5.32 Å². The Hall–Kier alpha value is -2.91. The van der Waals surface area contributed by atoms with Crippen LogP contribution in [0.5, 0.6) is 0 Å². The smallest absolute Gasteiger partial charge is 0.328 e. The van der Waals surface area contributed by atoms with E-state index in [9.17, 15) is 33.9 Å². The van der Waals surface area contributed by atoms with Crippen LogP contribution in [0, 0.1) is 0 Å². The number of aliphatic hydroxyl groups excluding tert-OH is 1. The molecule has 31 heavy (non-hydrogen) atoms. The molecule has 0 saturated heterocycles. The minimum atomic E-state index is -1.72. The number of carboxylic acids is 3. The standard InChI is InChI=1S/C16H26N4O10S/c1-6(21)12(16(29)30)20-14(27)8(2-3-10(22)23)18-15(28)9(5-31)19-13(26)7(17)4-11(24)25/h6-9,12,21,31H,2-5,17H2,1H3,(H,18,28)(H,19,26)(H,20,27)(H,22,23)(H,24,25)(H,29,30). The SMILES string of the molecule is CC(O)C(NC(=O)C(CCC(=O)O)NC(=O)C(CS)NC(=O)C(N)CC(=O)O)C(=O)O. The molecule has 15 heteroatoms. The number of carbonyl (C=O) groups excluding carboxylic acids is 3. The molecule has 0 aliphatic carbocycles. The van der Waals surface area contributed by atoms with Gasteiger partial charge in [0.15, 0.2) is 6.04 Å². The Morgan fingerprint density at radius 1 is 0.871 bits per heavy atom. The van der Waals surface area contributed by atoms with E-state index in [0.717, 1.165) is 6.92 Å². The maximum Gasteiger partial charge on any atom is 0.328 e. The van der Waals surface area contributed by atoms with Crippen molar-refractivity contribution in [3.63, 3.8) is 0 Å². The molecule has 9 N–H and O–H groups in total. The van der Waals surface area contributed by atoms with E-state index < -0.39 is 85.2 Å². The fraction of sp³-hybridized carbons (Fsp3) is 0.625. The minimum absolute atomic E-state index is 0.282. The summed E-state index contributed by atoms with van der Waals surface area (Å²) in [6.45, 7) is 1.11. The van der Waals surface area contributed by atoms with Gasteiger partial charge in [-0.15, -0.1) is 0 Å². The molecule has 3 amide bonds. The Morgan fingerprint density at radius 3 is 1.81 bits per heavy atom. The van der Waals surface area contributed by atoms with Crippen molar-refractivity contribution in [3.8, 4) is 0 Å². The van der Waals surface area contributed by atoms with Crippen LogP contribution in [0.3, 0.4) is 0 Å². The first kappa shape index (κ1) is 28.1. The number of hydrogen-bond acceptors (Lipinski definition) is 9. The van der Waals surface area contributed by atoms with Crippen molar-refractivity contribution in [2.75, 3.05) is 5.75 Å². The Labute approximate surface area is 182 Å². The highest BCUT2D eigenvalue weighted by atomic mass is 32.1. The van der Waals surface area contributed by atoms with Crippen LogP contribution in [0.4, 0.5) is 0 Å². The molecule has 5 atom stereocenters. The van der Waals surface area contributed by atoms with Gasteiger partial charge < -0.3 is 42.1 Å². The number of hydrogen-bond donors (Lipinski definition) is 9. The fourth-order valence-electron chi connectivity index (χ4n) is 2.21. The molecule has 0 heterocycles. The van der Waals surface area contributed by atoms with Gasteiger partial charge in [-0.05, 0) is 13.3 Å². The maximum atomic E-state index is 12.4. The van der Waals surface area contributed by atoms with Gasteiger partial charge in [0.05, 0.1) is 18.6 Å². The number of carbonyl (C=O) groups is 6. The molecule has 0 aromatic rings. The van der Waals surface area contributed by atoms with Crippen molar-refractivity contribution in [2.24, 2.45) is 5.73 Å². The molecule has 5 unspecified atom stereocenters. The number of carboxylic acid groups (broad SMARTS) is 3. The van der Waals surface area contributed by atoms with Crippen molar-refractivity contribution in [2.45, 2.75) is 56.5 Å². The van der Waals surface area contributed by atoms with Crippen LogP contribution in [-0.2, 0) is 28.8 Å². The average molecular weight is 466 g/mol.